The zero-order chi connectivity index (χ0) is 13.8. The van der Waals surface area contributed by atoms with Crippen molar-refractivity contribution in [1.29, 1.82) is 0 Å². The molecule has 0 unspecified atom stereocenters. The van der Waals surface area contributed by atoms with Crippen molar-refractivity contribution in [2.24, 2.45) is 0 Å². The Morgan fingerprint density at radius 2 is 1.89 bits per heavy atom. The molecule has 0 heterocycles. The maximum absolute atomic E-state index is 10.9. The molecule has 0 aliphatic carbocycles. The molecule has 0 radical (unpaired) electrons. The van der Waals surface area contributed by atoms with Gasteiger partial charge in [0.2, 0.25) is 0 Å². The van der Waals surface area contributed by atoms with Gasteiger partial charge in [0.1, 0.15) is 0 Å². The maximum Gasteiger partial charge on any atom is 0.310 e. The minimum absolute atomic E-state index is 0.212. The summed E-state index contributed by atoms with van der Waals surface area (Å²) in [5.74, 6) is -1.05. The number of rotatable bonds is 5. The summed E-state index contributed by atoms with van der Waals surface area (Å²) < 4.78 is 4.60. The Kier molecular flexibility index (Phi) is 8.90. The van der Waals surface area contributed by atoms with E-state index in [9.17, 15) is 4.79 Å². The van der Waals surface area contributed by atoms with Gasteiger partial charge in [-0.15, -0.1) is 0 Å². The number of carboxylic acids is 1. The van der Waals surface area contributed by atoms with Crippen molar-refractivity contribution < 1.29 is 19.4 Å². The number of hydrogen-bond acceptors (Lipinski definition) is 3. The van der Waals surface area contributed by atoms with E-state index >= 15 is 0 Å². The largest absolute Gasteiger partial charge is 0.481 e. The maximum atomic E-state index is 10.9. The number of benzene rings is 1. The van der Waals surface area contributed by atoms with Crippen LogP contribution >= 0.6 is 0 Å². The minimum atomic E-state index is -0.833. The summed E-state index contributed by atoms with van der Waals surface area (Å²) in [6, 6.07) is 10.1. The van der Waals surface area contributed by atoms with Gasteiger partial charge < -0.3 is 9.84 Å². The molecule has 1 N–H and O–H groups in total. The zero-order valence-electron chi connectivity index (χ0n) is 10.5. The van der Waals surface area contributed by atoms with E-state index in [4.69, 9.17) is 9.90 Å². The Balaban J connectivity index is 0.000000631. The predicted molar refractivity (Wildman–Crippen MR) is 69.0 cm³/mol. The third kappa shape index (κ3) is 10.4. The second kappa shape index (κ2) is 10.1. The predicted octanol–water partition coefficient (Wildman–Crippen LogP) is 2.79. The van der Waals surface area contributed by atoms with Crippen LogP contribution in [-0.2, 0) is 20.7 Å². The summed E-state index contributed by atoms with van der Waals surface area (Å²) in [6.07, 6.45) is 3.34. The zero-order valence-corrected chi connectivity index (χ0v) is 10.5. The van der Waals surface area contributed by atoms with Gasteiger partial charge in [0.05, 0.1) is 6.26 Å². The van der Waals surface area contributed by atoms with Crippen LogP contribution in [0.5, 0.6) is 0 Å². The topological polar surface area (TPSA) is 63.6 Å². The number of aryl methyl sites for hydroxylation is 1. The molecule has 0 aliphatic heterocycles. The van der Waals surface area contributed by atoms with Crippen LogP contribution < -0.4 is 0 Å². The molecule has 0 aliphatic rings. The number of hydrogen-bond donors (Lipinski definition) is 1. The molecular weight excluding hydrogens is 232 g/mol. The van der Waals surface area contributed by atoms with Crippen molar-refractivity contribution in [1.82, 2.24) is 0 Å². The molecule has 0 amide bonds. The number of carboxylic acid groups (broad SMARTS) is 1. The molecule has 4 nitrogen and oxygen atoms in total. The molecule has 0 spiro atoms. The summed E-state index contributed by atoms with van der Waals surface area (Å²) in [7, 11) is 0. The second-order valence-electron chi connectivity index (χ2n) is 3.51. The molecule has 1 rings (SSSR count). The molecule has 0 atom stereocenters. The van der Waals surface area contributed by atoms with E-state index in [0.29, 0.717) is 6.42 Å². The van der Waals surface area contributed by atoms with E-state index in [1.807, 2.05) is 18.2 Å². The lowest BCUT2D eigenvalue weighted by Crippen LogP contribution is -1.99. The summed E-state index contributed by atoms with van der Waals surface area (Å²) in [5.41, 5.74) is 1.25. The first-order valence-corrected chi connectivity index (χ1v) is 5.60. The molecule has 0 saturated heterocycles. The minimum Gasteiger partial charge on any atom is -0.481 e. The van der Waals surface area contributed by atoms with Crippen molar-refractivity contribution in [2.45, 2.75) is 26.2 Å². The van der Waals surface area contributed by atoms with Crippen molar-refractivity contribution in [2.75, 3.05) is 0 Å². The van der Waals surface area contributed by atoms with Crippen LogP contribution in [0.4, 0.5) is 0 Å². The Bertz CT molecular complexity index is 367. The monoisotopic (exact) mass is 250 g/mol. The van der Waals surface area contributed by atoms with Gasteiger partial charge in [-0.2, -0.15) is 0 Å². The second-order valence-corrected chi connectivity index (χ2v) is 3.51. The van der Waals surface area contributed by atoms with Gasteiger partial charge >= 0.3 is 5.97 Å². The highest BCUT2D eigenvalue weighted by atomic mass is 16.5. The van der Waals surface area contributed by atoms with Gasteiger partial charge in [-0.1, -0.05) is 36.9 Å². The summed E-state index contributed by atoms with van der Waals surface area (Å²) in [5, 5.41) is 7.42. The molecule has 4 heteroatoms. The van der Waals surface area contributed by atoms with Crippen LogP contribution in [0.15, 0.2) is 43.2 Å². The lowest BCUT2D eigenvalue weighted by atomic mass is 10.1. The van der Waals surface area contributed by atoms with Crippen molar-refractivity contribution in [3.05, 3.63) is 48.7 Å². The molecule has 1 aromatic rings. The Hall–Kier alpha value is -2.10. The highest BCUT2D eigenvalue weighted by Crippen LogP contribution is 2.04. The van der Waals surface area contributed by atoms with Crippen molar-refractivity contribution >= 4 is 11.9 Å². The lowest BCUT2D eigenvalue weighted by Gasteiger charge is -2.00. The van der Waals surface area contributed by atoms with Crippen LogP contribution in [0, 0.1) is 0 Å². The number of ether oxygens (including phenoxy) is 1. The highest BCUT2D eigenvalue weighted by molar-refractivity contribution is 5.69. The molecule has 0 aromatic heterocycles. The number of carbonyl (C=O) groups excluding carboxylic acids is 1. The third-order valence-electron chi connectivity index (χ3n) is 1.90. The van der Waals surface area contributed by atoms with Crippen LogP contribution in [-0.4, -0.2) is 17.0 Å². The van der Waals surface area contributed by atoms with Gasteiger partial charge in [-0.25, -0.2) is 0 Å². The molecule has 0 bridgehead atoms. The van der Waals surface area contributed by atoms with Gasteiger partial charge in [-0.3, -0.25) is 9.59 Å². The summed E-state index contributed by atoms with van der Waals surface area (Å²) in [6.45, 7) is 4.41. The first-order valence-electron chi connectivity index (χ1n) is 5.60. The Morgan fingerprint density at radius 3 is 2.39 bits per heavy atom. The average molecular weight is 250 g/mol. The quantitative estimate of drug-likeness (QED) is 0.644. The molecule has 98 valence electrons. The SMILES string of the molecule is C=COC(=O)CCCc1ccccc1.CC(=O)O. The fourth-order valence-electron chi connectivity index (χ4n) is 1.23. The fraction of sp³-hybridized carbons (Fsp3) is 0.286. The summed E-state index contributed by atoms with van der Waals surface area (Å²) in [4.78, 5) is 19.9. The Morgan fingerprint density at radius 1 is 1.33 bits per heavy atom. The van der Waals surface area contributed by atoms with Crippen LogP contribution in [0.1, 0.15) is 25.3 Å². The van der Waals surface area contributed by atoms with E-state index in [1.165, 1.54) is 11.8 Å². The number of carbonyl (C=O) groups is 2. The van der Waals surface area contributed by atoms with Gasteiger partial charge in [0.25, 0.3) is 5.97 Å². The van der Waals surface area contributed by atoms with Gasteiger partial charge in [0.15, 0.2) is 0 Å². The molecular formula is C14H18O4. The standard InChI is InChI=1S/C12H14O2.C2H4O2/c1-2-14-12(13)10-6-9-11-7-4-3-5-8-11;1-2(3)4/h2-5,7-8H,1,6,9-10H2;1H3,(H,3,4). The third-order valence-corrected chi connectivity index (χ3v) is 1.90. The number of aliphatic carboxylic acids is 1. The molecule has 18 heavy (non-hydrogen) atoms. The van der Waals surface area contributed by atoms with E-state index in [1.54, 1.807) is 0 Å². The van der Waals surface area contributed by atoms with E-state index in [-0.39, 0.29) is 5.97 Å². The van der Waals surface area contributed by atoms with Gasteiger partial charge in [-0.05, 0) is 18.4 Å². The van der Waals surface area contributed by atoms with E-state index < -0.39 is 5.97 Å². The first-order chi connectivity index (χ1) is 8.56. The van der Waals surface area contributed by atoms with Crippen molar-refractivity contribution in [3.8, 4) is 0 Å². The smallest absolute Gasteiger partial charge is 0.310 e. The Labute approximate surface area is 107 Å². The van der Waals surface area contributed by atoms with Crippen LogP contribution in [0.2, 0.25) is 0 Å². The highest BCUT2D eigenvalue weighted by Gasteiger charge is 2.00. The van der Waals surface area contributed by atoms with Crippen molar-refractivity contribution in [3.63, 3.8) is 0 Å². The first kappa shape index (κ1) is 15.9. The molecule has 1 aromatic carbocycles. The van der Waals surface area contributed by atoms with Crippen LogP contribution in [0.25, 0.3) is 0 Å². The lowest BCUT2D eigenvalue weighted by molar-refractivity contribution is -0.138. The van der Waals surface area contributed by atoms with Crippen LogP contribution in [0.3, 0.4) is 0 Å². The van der Waals surface area contributed by atoms with E-state index in [0.717, 1.165) is 19.8 Å². The average Bonchev–Trinajstić information content (AvgIpc) is 2.30. The van der Waals surface area contributed by atoms with E-state index in [2.05, 4.69) is 23.4 Å². The molecule has 0 saturated carbocycles. The normalized spacial score (nSPS) is 8.72. The molecule has 0 fully saturated rings. The summed E-state index contributed by atoms with van der Waals surface area (Å²) >= 11 is 0. The van der Waals surface area contributed by atoms with Gasteiger partial charge in [0, 0.05) is 13.3 Å². The fourth-order valence-corrected chi connectivity index (χ4v) is 1.23. The number of esters is 1.